The third-order valence-electron chi connectivity index (χ3n) is 3.01. The number of pyridine rings is 1. The molecule has 1 aromatic heterocycles. The van der Waals surface area contributed by atoms with Gasteiger partial charge in [0.1, 0.15) is 5.82 Å². The number of aromatic carboxylic acids is 1. The molecule has 4 N–H and O–H groups in total. The van der Waals surface area contributed by atoms with Gasteiger partial charge in [0, 0.05) is 5.69 Å². The lowest BCUT2D eigenvalue weighted by molar-refractivity contribution is 0.0698. The van der Waals surface area contributed by atoms with Gasteiger partial charge in [0.05, 0.1) is 17.4 Å². The smallest absolute Gasteiger partial charge is 0.337 e. The van der Waals surface area contributed by atoms with Gasteiger partial charge in [0.2, 0.25) is 0 Å². The Morgan fingerprint density at radius 2 is 1.95 bits per heavy atom. The number of anilines is 3. The number of nitrogens with one attached hydrogen (secondary N) is 1. The number of carbonyl (C=O) groups is 1. The molecule has 2 rings (SSSR count). The van der Waals surface area contributed by atoms with E-state index >= 15 is 0 Å². The highest BCUT2D eigenvalue weighted by Gasteiger charge is 2.09. The second-order valence-corrected chi connectivity index (χ2v) is 4.86. The van der Waals surface area contributed by atoms with Gasteiger partial charge in [-0.1, -0.05) is 26.0 Å². The van der Waals surface area contributed by atoms with E-state index in [0.717, 1.165) is 5.69 Å². The van der Waals surface area contributed by atoms with Crippen LogP contribution in [0.2, 0.25) is 0 Å². The number of nitrogens with two attached hydrogens (primary N) is 1. The third-order valence-corrected chi connectivity index (χ3v) is 3.01. The van der Waals surface area contributed by atoms with E-state index in [2.05, 4.69) is 24.1 Å². The van der Waals surface area contributed by atoms with Crippen molar-refractivity contribution >= 4 is 23.2 Å². The summed E-state index contributed by atoms with van der Waals surface area (Å²) in [7, 11) is 0. The van der Waals surface area contributed by atoms with E-state index in [4.69, 9.17) is 10.8 Å². The van der Waals surface area contributed by atoms with Gasteiger partial charge in [0.15, 0.2) is 0 Å². The molecule has 0 unspecified atom stereocenters. The van der Waals surface area contributed by atoms with Crippen LogP contribution in [-0.4, -0.2) is 16.1 Å². The zero-order chi connectivity index (χ0) is 14.7. The van der Waals surface area contributed by atoms with Crippen LogP contribution in [0.5, 0.6) is 0 Å². The average molecular weight is 271 g/mol. The van der Waals surface area contributed by atoms with E-state index < -0.39 is 5.97 Å². The van der Waals surface area contributed by atoms with Gasteiger partial charge in [-0.2, -0.15) is 0 Å². The first-order chi connectivity index (χ1) is 9.47. The van der Waals surface area contributed by atoms with Gasteiger partial charge in [-0.15, -0.1) is 0 Å². The van der Waals surface area contributed by atoms with Crippen molar-refractivity contribution in [3.63, 3.8) is 0 Å². The summed E-state index contributed by atoms with van der Waals surface area (Å²) in [4.78, 5) is 15.1. The van der Waals surface area contributed by atoms with Gasteiger partial charge in [-0.3, -0.25) is 0 Å². The second-order valence-electron chi connectivity index (χ2n) is 4.86. The molecule has 0 spiro atoms. The first-order valence-electron chi connectivity index (χ1n) is 6.33. The Hall–Kier alpha value is -2.56. The molecule has 1 heterocycles. The maximum absolute atomic E-state index is 11.0. The Kier molecular flexibility index (Phi) is 3.89. The first kappa shape index (κ1) is 13.9. The van der Waals surface area contributed by atoms with Crippen molar-refractivity contribution in [2.45, 2.75) is 19.8 Å². The zero-order valence-electron chi connectivity index (χ0n) is 11.4. The van der Waals surface area contributed by atoms with Crippen molar-refractivity contribution in [1.29, 1.82) is 0 Å². The van der Waals surface area contributed by atoms with E-state index in [0.29, 0.717) is 11.7 Å². The summed E-state index contributed by atoms with van der Waals surface area (Å²) in [6.45, 7) is 4.26. The number of carboxylic acids is 1. The summed E-state index contributed by atoms with van der Waals surface area (Å²) in [6, 6.07) is 9.36. The fourth-order valence-corrected chi connectivity index (χ4v) is 1.82. The number of nitrogens with zero attached hydrogens (tertiary/aromatic N) is 1. The molecule has 0 aliphatic carbocycles. The highest BCUT2D eigenvalue weighted by Crippen LogP contribution is 2.21. The second kappa shape index (κ2) is 5.61. The summed E-state index contributed by atoms with van der Waals surface area (Å²) < 4.78 is 0. The molecule has 1 aromatic carbocycles. The SMILES string of the molecule is CC(C)c1ccc(Nc2cc(C(=O)O)c(N)cn2)cc1. The fraction of sp³-hybridized carbons (Fsp3) is 0.200. The fourth-order valence-electron chi connectivity index (χ4n) is 1.82. The molecular weight excluding hydrogens is 254 g/mol. The van der Waals surface area contributed by atoms with Crippen LogP contribution in [-0.2, 0) is 0 Å². The van der Waals surface area contributed by atoms with Crippen LogP contribution in [0.3, 0.4) is 0 Å². The predicted octanol–water partition coefficient (Wildman–Crippen LogP) is 3.23. The van der Waals surface area contributed by atoms with E-state index in [9.17, 15) is 4.79 Å². The number of hydrogen-bond donors (Lipinski definition) is 3. The Labute approximate surface area is 117 Å². The van der Waals surface area contributed by atoms with Gasteiger partial charge in [-0.05, 0) is 29.7 Å². The highest BCUT2D eigenvalue weighted by molar-refractivity contribution is 5.94. The van der Waals surface area contributed by atoms with Crippen molar-refractivity contribution in [2.24, 2.45) is 0 Å². The number of nitrogen functional groups attached to an aromatic ring is 1. The van der Waals surface area contributed by atoms with Crippen molar-refractivity contribution < 1.29 is 9.90 Å². The number of rotatable bonds is 4. The molecule has 104 valence electrons. The molecule has 0 saturated carbocycles. The maximum atomic E-state index is 11.0. The molecule has 5 heteroatoms. The van der Waals surface area contributed by atoms with E-state index in [1.54, 1.807) is 0 Å². The van der Waals surface area contributed by atoms with Crippen molar-refractivity contribution in [3.8, 4) is 0 Å². The van der Waals surface area contributed by atoms with Crippen LogP contribution >= 0.6 is 0 Å². The lowest BCUT2D eigenvalue weighted by Crippen LogP contribution is -2.05. The van der Waals surface area contributed by atoms with Crippen molar-refractivity contribution in [3.05, 3.63) is 47.7 Å². The molecule has 0 aliphatic heterocycles. The molecule has 5 nitrogen and oxygen atoms in total. The number of carboxylic acid groups (broad SMARTS) is 1. The molecule has 0 saturated heterocycles. The molecule has 20 heavy (non-hydrogen) atoms. The first-order valence-corrected chi connectivity index (χ1v) is 6.33. The number of hydrogen-bond acceptors (Lipinski definition) is 4. The normalized spacial score (nSPS) is 10.6. The Morgan fingerprint density at radius 3 is 2.50 bits per heavy atom. The molecule has 0 amide bonds. The van der Waals surface area contributed by atoms with Crippen LogP contribution in [0.1, 0.15) is 35.7 Å². The average Bonchev–Trinajstić information content (AvgIpc) is 2.41. The molecular formula is C15H17N3O2. The van der Waals surface area contributed by atoms with Crippen LogP contribution in [0.25, 0.3) is 0 Å². The van der Waals surface area contributed by atoms with E-state index in [-0.39, 0.29) is 11.3 Å². The molecule has 0 fully saturated rings. The van der Waals surface area contributed by atoms with E-state index in [1.165, 1.54) is 17.8 Å². The Balaban J connectivity index is 2.21. The Bertz CT molecular complexity index is 622. The van der Waals surface area contributed by atoms with Gasteiger partial charge < -0.3 is 16.2 Å². The minimum Gasteiger partial charge on any atom is -0.478 e. The highest BCUT2D eigenvalue weighted by atomic mass is 16.4. The molecule has 2 aromatic rings. The van der Waals surface area contributed by atoms with Crippen LogP contribution in [0.4, 0.5) is 17.2 Å². The number of aromatic nitrogens is 1. The van der Waals surface area contributed by atoms with E-state index in [1.807, 2.05) is 24.3 Å². The third kappa shape index (κ3) is 3.06. The van der Waals surface area contributed by atoms with Crippen LogP contribution in [0, 0.1) is 0 Å². The Morgan fingerprint density at radius 1 is 1.30 bits per heavy atom. The summed E-state index contributed by atoms with van der Waals surface area (Å²) in [5.41, 5.74) is 7.85. The lowest BCUT2D eigenvalue weighted by atomic mass is 10.0. The standard InChI is InChI=1S/C15H17N3O2/c1-9(2)10-3-5-11(6-4-10)18-14-7-12(15(19)20)13(16)8-17-14/h3-9H,16H2,1-2H3,(H,17,18)(H,19,20). The van der Waals surface area contributed by atoms with Gasteiger partial charge in [0.25, 0.3) is 0 Å². The van der Waals surface area contributed by atoms with Crippen molar-refractivity contribution in [2.75, 3.05) is 11.1 Å². The zero-order valence-corrected chi connectivity index (χ0v) is 11.4. The largest absolute Gasteiger partial charge is 0.478 e. The lowest BCUT2D eigenvalue weighted by Gasteiger charge is -2.10. The summed E-state index contributed by atoms with van der Waals surface area (Å²) >= 11 is 0. The molecule has 0 atom stereocenters. The maximum Gasteiger partial charge on any atom is 0.337 e. The van der Waals surface area contributed by atoms with Crippen molar-refractivity contribution in [1.82, 2.24) is 4.98 Å². The summed E-state index contributed by atoms with van der Waals surface area (Å²) in [5.74, 6) is -0.144. The number of benzene rings is 1. The van der Waals surface area contributed by atoms with Crippen LogP contribution < -0.4 is 11.1 Å². The quantitative estimate of drug-likeness (QED) is 0.794. The predicted molar refractivity (Wildman–Crippen MR) is 79.4 cm³/mol. The van der Waals surface area contributed by atoms with Crippen LogP contribution in [0.15, 0.2) is 36.5 Å². The topological polar surface area (TPSA) is 88.2 Å². The molecule has 0 aliphatic rings. The van der Waals surface area contributed by atoms with Gasteiger partial charge in [-0.25, -0.2) is 9.78 Å². The molecule has 0 bridgehead atoms. The summed E-state index contributed by atoms with van der Waals surface area (Å²) in [5, 5.41) is 12.1. The minimum absolute atomic E-state index is 0.0429. The summed E-state index contributed by atoms with van der Waals surface area (Å²) in [6.07, 6.45) is 1.34. The molecule has 0 radical (unpaired) electrons. The van der Waals surface area contributed by atoms with Gasteiger partial charge >= 0.3 is 5.97 Å². The minimum atomic E-state index is -1.07. The monoisotopic (exact) mass is 271 g/mol.